The van der Waals surface area contributed by atoms with Crippen molar-refractivity contribution in [3.05, 3.63) is 57.8 Å². The van der Waals surface area contributed by atoms with Gasteiger partial charge in [0.05, 0.1) is 11.4 Å². The smallest absolute Gasteiger partial charge is 0.275 e. The third-order valence-electron chi connectivity index (χ3n) is 3.52. The van der Waals surface area contributed by atoms with E-state index in [1.165, 1.54) is 16.0 Å². The highest BCUT2D eigenvalue weighted by Gasteiger charge is 2.19. The standard InChI is InChI=1S/C18H20N2OS/c1-3-11-19-17(21)13-20-18(16-6-5-12-22-16)15-9-7-14(4-2)8-10-15/h1,5-10,12,18,20H,4,11,13H2,2H3,(H,19,21)/p+1/t18-/m1/s1. The number of hydrogen-bond donors (Lipinski definition) is 2. The molecule has 3 nitrogen and oxygen atoms in total. The molecule has 0 aliphatic carbocycles. The molecule has 0 aliphatic heterocycles. The minimum atomic E-state index is -0.0373. The van der Waals surface area contributed by atoms with Crippen LogP contribution in [0.1, 0.15) is 29.0 Å². The first kappa shape index (κ1) is 16.3. The number of aryl methyl sites for hydroxylation is 1. The number of carbonyl (C=O) groups is 1. The Kier molecular flexibility index (Phi) is 6.20. The largest absolute Gasteiger partial charge is 0.340 e. The van der Waals surface area contributed by atoms with Crippen LogP contribution in [0.15, 0.2) is 41.8 Å². The molecule has 0 spiro atoms. The van der Waals surface area contributed by atoms with E-state index in [0.29, 0.717) is 6.54 Å². The Morgan fingerprint density at radius 2 is 2.14 bits per heavy atom. The predicted octanol–water partition coefficient (Wildman–Crippen LogP) is 1.71. The summed E-state index contributed by atoms with van der Waals surface area (Å²) in [5.41, 5.74) is 2.53. The van der Waals surface area contributed by atoms with Gasteiger partial charge in [-0.05, 0) is 23.4 Å². The average Bonchev–Trinajstić information content (AvgIpc) is 3.08. The van der Waals surface area contributed by atoms with Gasteiger partial charge in [0.15, 0.2) is 6.54 Å². The van der Waals surface area contributed by atoms with Gasteiger partial charge in [0.25, 0.3) is 5.91 Å². The maximum Gasteiger partial charge on any atom is 0.275 e. The van der Waals surface area contributed by atoms with Gasteiger partial charge in [-0.2, -0.15) is 0 Å². The highest BCUT2D eigenvalue weighted by molar-refractivity contribution is 7.10. The summed E-state index contributed by atoms with van der Waals surface area (Å²) in [7, 11) is 0. The first-order chi connectivity index (χ1) is 10.7. The molecule has 1 aromatic carbocycles. The molecule has 1 amide bonds. The zero-order chi connectivity index (χ0) is 15.8. The molecule has 1 heterocycles. The topological polar surface area (TPSA) is 45.7 Å². The molecule has 0 saturated carbocycles. The Balaban J connectivity index is 2.10. The van der Waals surface area contributed by atoms with Crippen LogP contribution in [0.25, 0.3) is 0 Å². The van der Waals surface area contributed by atoms with Crippen molar-refractivity contribution < 1.29 is 10.1 Å². The number of nitrogens with two attached hydrogens (primary N) is 1. The van der Waals surface area contributed by atoms with Crippen LogP contribution in [0.3, 0.4) is 0 Å². The minimum Gasteiger partial charge on any atom is -0.340 e. The van der Waals surface area contributed by atoms with Crippen molar-refractivity contribution in [1.82, 2.24) is 5.32 Å². The normalized spacial score (nSPS) is 11.6. The van der Waals surface area contributed by atoms with Crippen molar-refractivity contribution in [2.24, 2.45) is 0 Å². The summed E-state index contributed by atoms with van der Waals surface area (Å²) in [5, 5.41) is 6.82. The van der Waals surface area contributed by atoms with E-state index in [1.807, 2.05) is 6.07 Å². The van der Waals surface area contributed by atoms with Gasteiger partial charge in [-0.1, -0.05) is 43.2 Å². The number of quaternary nitrogens is 1. The van der Waals surface area contributed by atoms with Gasteiger partial charge >= 0.3 is 0 Å². The van der Waals surface area contributed by atoms with Crippen LogP contribution in [0.4, 0.5) is 0 Å². The molecule has 114 valence electrons. The molecule has 4 heteroatoms. The van der Waals surface area contributed by atoms with Crippen molar-refractivity contribution >= 4 is 17.2 Å². The molecule has 0 aliphatic rings. The molecule has 1 atom stereocenters. The van der Waals surface area contributed by atoms with E-state index >= 15 is 0 Å². The number of carbonyl (C=O) groups excluding carboxylic acids is 1. The Morgan fingerprint density at radius 1 is 1.36 bits per heavy atom. The van der Waals surface area contributed by atoms with Gasteiger partial charge in [-0.3, -0.25) is 4.79 Å². The van der Waals surface area contributed by atoms with Crippen LogP contribution in [0.5, 0.6) is 0 Å². The van der Waals surface area contributed by atoms with Crippen molar-refractivity contribution in [2.75, 3.05) is 13.1 Å². The first-order valence-corrected chi connectivity index (χ1v) is 8.28. The van der Waals surface area contributed by atoms with Gasteiger partial charge in [0, 0.05) is 5.56 Å². The highest BCUT2D eigenvalue weighted by Crippen LogP contribution is 2.23. The minimum absolute atomic E-state index is 0.0373. The van der Waals surface area contributed by atoms with Gasteiger partial charge in [0.2, 0.25) is 0 Å². The molecular weight excluding hydrogens is 292 g/mol. The molecule has 3 N–H and O–H groups in total. The van der Waals surface area contributed by atoms with Crippen molar-refractivity contribution in [1.29, 1.82) is 0 Å². The molecule has 0 unspecified atom stereocenters. The summed E-state index contributed by atoms with van der Waals surface area (Å²) in [6.45, 7) is 2.79. The van der Waals surface area contributed by atoms with Crippen LogP contribution >= 0.6 is 11.3 Å². The van der Waals surface area contributed by atoms with Crippen molar-refractivity contribution in [3.8, 4) is 12.3 Å². The summed E-state index contributed by atoms with van der Waals surface area (Å²) < 4.78 is 0. The lowest BCUT2D eigenvalue weighted by Gasteiger charge is -2.15. The van der Waals surface area contributed by atoms with Crippen LogP contribution in [-0.4, -0.2) is 19.0 Å². The molecule has 0 bridgehead atoms. The zero-order valence-corrected chi connectivity index (χ0v) is 13.5. The fraction of sp³-hybridized carbons (Fsp3) is 0.278. The van der Waals surface area contributed by atoms with Gasteiger partial charge in [0.1, 0.15) is 6.04 Å². The summed E-state index contributed by atoms with van der Waals surface area (Å²) in [5.74, 6) is 2.38. The van der Waals surface area contributed by atoms with E-state index in [4.69, 9.17) is 6.42 Å². The molecule has 0 saturated heterocycles. The SMILES string of the molecule is C#CCNC(=O)C[NH2+][C@H](c1ccc(CC)cc1)c1cccs1. The quantitative estimate of drug-likeness (QED) is 0.751. The Labute approximate surface area is 135 Å². The lowest BCUT2D eigenvalue weighted by atomic mass is 10.0. The van der Waals surface area contributed by atoms with Crippen LogP contribution < -0.4 is 10.6 Å². The molecule has 2 rings (SSSR count). The van der Waals surface area contributed by atoms with E-state index in [9.17, 15) is 4.79 Å². The van der Waals surface area contributed by atoms with Crippen molar-refractivity contribution in [3.63, 3.8) is 0 Å². The lowest BCUT2D eigenvalue weighted by Crippen LogP contribution is -2.87. The molecular formula is C18H21N2OS+. The fourth-order valence-corrected chi connectivity index (χ4v) is 3.14. The summed E-state index contributed by atoms with van der Waals surface area (Å²) in [4.78, 5) is 13.0. The second-order valence-corrected chi connectivity index (χ2v) is 5.99. The summed E-state index contributed by atoms with van der Waals surface area (Å²) >= 11 is 1.71. The van der Waals surface area contributed by atoms with Gasteiger partial charge in [-0.15, -0.1) is 17.8 Å². The number of nitrogens with one attached hydrogen (secondary N) is 1. The third kappa shape index (κ3) is 4.45. The lowest BCUT2D eigenvalue weighted by molar-refractivity contribution is -0.676. The fourth-order valence-electron chi connectivity index (χ4n) is 2.29. The van der Waals surface area contributed by atoms with E-state index < -0.39 is 0 Å². The second kappa shape index (κ2) is 8.38. The average molecular weight is 313 g/mol. The first-order valence-electron chi connectivity index (χ1n) is 7.40. The Hall–Kier alpha value is -2.09. The molecule has 0 radical (unpaired) electrons. The number of amides is 1. The number of rotatable bonds is 7. The predicted molar refractivity (Wildman–Crippen MR) is 90.6 cm³/mol. The molecule has 2 aromatic rings. The number of hydrogen-bond acceptors (Lipinski definition) is 2. The molecule has 22 heavy (non-hydrogen) atoms. The van der Waals surface area contributed by atoms with Crippen LogP contribution in [-0.2, 0) is 11.2 Å². The zero-order valence-electron chi connectivity index (χ0n) is 12.7. The van der Waals surface area contributed by atoms with Gasteiger partial charge in [-0.25, -0.2) is 0 Å². The Morgan fingerprint density at radius 3 is 2.73 bits per heavy atom. The second-order valence-electron chi connectivity index (χ2n) is 5.01. The number of benzene rings is 1. The highest BCUT2D eigenvalue weighted by atomic mass is 32.1. The summed E-state index contributed by atoms with van der Waals surface area (Å²) in [6, 6.07) is 12.9. The summed E-state index contributed by atoms with van der Waals surface area (Å²) in [6.07, 6.45) is 6.18. The van der Waals surface area contributed by atoms with E-state index in [1.54, 1.807) is 11.3 Å². The monoisotopic (exact) mass is 313 g/mol. The van der Waals surface area contributed by atoms with E-state index in [-0.39, 0.29) is 18.5 Å². The third-order valence-corrected chi connectivity index (χ3v) is 4.48. The van der Waals surface area contributed by atoms with E-state index in [2.05, 4.69) is 59.2 Å². The van der Waals surface area contributed by atoms with Crippen LogP contribution in [0.2, 0.25) is 0 Å². The Bertz CT molecular complexity index is 626. The maximum atomic E-state index is 11.8. The van der Waals surface area contributed by atoms with E-state index in [0.717, 1.165) is 6.42 Å². The van der Waals surface area contributed by atoms with Crippen LogP contribution in [0, 0.1) is 12.3 Å². The molecule has 0 fully saturated rings. The van der Waals surface area contributed by atoms with Gasteiger partial charge < -0.3 is 10.6 Å². The molecule has 1 aromatic heterocycles. The number of thiophene rings is 1. The van der Waals surface area contributed by atoms with Crippen molar-refractivity contribution in [2.45, 2.75) is 19.4 Å². The maximum absolute atomic E-state index is 11.8. The number of terminal acetylenes is 1.